The molecule has 7 rings (SSSR count). The molecule has 6 aliphatic heterocycles. The maximum Gasteiger partial charge on any atom is 0.316 e. The molecule has 0 aromatic heterocycles. The first-order chi connectivity index (χ1) is 30.8. The number of likely N-dealkylation sites (N-methyl/N-ethyl adjacent to an activating group) is 1. The van der Waals surface area contributed by atoms with Crippen LogP contribution >= 0.6 is 0 Å². The summed E-state index contributed by atoms with van der Waals surface area (Å²) in [6.45, 7) is 17.6. The average molecular weight is 914 g/mol. The van der Waals surface area contributed by atoms with Crippen molar-refractivity contribution in [1.29, 1.82) is 0 Å². The number of hydrogen-bond acceptors (Lipinski definition) is 14. The number of rotatable bonds is 8. The summed E-state index contributed by atoms with van der Waals surface area (Å²) in [5.41, 5.74) is 0.114. The summed E-state index contributed by atoms with van der Waals surface area (Å²) in [5, 5.41) is 23.7. The molecule has 0 unspecified atom stereocenters. The Labute approximate surface area is 385 Å². The van der Waals surface area contributed by atoms with Crippen molar-refractivity contribution in [3.63, 3.8) is 0 Å². The van der Waals surface area contributed by atoms with Crippen LogP contribution in [0.1, 0.15) is 94.4 Å². The van der Waals surface area contributed by atoms with Gasteiger partial charge in [0.25, 0.3) is 0 Å². The first-order valence-electron chi connectivity index (χ1n) is 23.7. The van der Waals surface area contributed by atoms with E-state index >= 15 is 0 Å². The zero-order valence-corrected chi connectivity index (χ0v) is 40.4. The summed E-state index contributed by atoms with van der Waals surface area (Å²) in [4.78, 5) is 28.3. The zero-order valence-electron chi connectivity index (χ0n) is 40.4. The summed E-state index contributed by atoms with van der Waals surface area (Å²) < 4.78 is 64.5. The maximum atomic E-state index is 14.3. The van der Waals surface area contributed by atoms with Crippen molar-refractivity contribution >= 4 is 11.9 Å². The fourth-order valence-corrected chi connectivity index (χ4v) is 11.2. The van der Waals surface area contributed by atoms with E-state index in [1.165, 1.54) is 6.92 Å². The molecule has 1 aliphatic carbocycles. The predicted octanol–water partition coefficient (Wildman–Crippen LogP) is 5.47. The summed E-state index contributed by atoms with van der Waals surface area (Å²) >= 11 is 0. The molecule has 2 N–H and O–H groups in total. The number of aliphatic hydroxyl groups excluding tert-OH is 1. The predicted molar refractivity (Wildman–Crippen MR) is 239 cm³/mol. The number of nitrogens with zero attached hydrogens (tertiary/aromatic N) is 1. The molecule has 364 valence electrons. The molecule has 15 nitrogen and oxygen atoms in total. The monoisotopic (exact) mass is 914 g/mol. The molecule has 1 amide bonds. The van der Waals surface area contributed by atoms with Crippen LogP contribution in [0.15, 0.2) is 59.3 Å². The number of fused-ring (bicyclic) bond motifs is 2. The number of ether oxygens (including phenoxy) is 10. The number of carbonyl (C=O) groups is 2. The van der Waals surface area contributed by atoms with Crippen molar-refractivity contribution in [3.8, 4) is 0 Å². The van der Waals surface area contributed by atoms with Crippen molar-refractivity contribution in [2.24, 2.45) is 23.7 Å². The Balaban J connectivity index is 1.16. The molecule has 4 saturated heterocycles. The van der Waals surface area contributed by atoms with Crippen molar-refractivity contribution < 1.29 is 67.2 Å². The minimum atomic E-state index is -1.84. The van der Waals surface area contributed by atoms with E-state index in [0.29, 0.717) is 36.8 Å². The normalized spacial score (nSPS) is 46.9. The van der Waals surface area contributed by atoms with Gasteiger partial charge in [-0.25, -0.2) is 0 Å². The van der Waals surface area contributed by atoms with Gasteiger partial charge >= 0.3 is 5.97 Å². The van der Waals surface area contributed by atoms with E-state index < -0.39 is 84.7 Å². The van der Waals surface area contributed by atoms with E-state index in [1.807, 2.05) is 39.0 Å². The molecule has 0 aromatic rings. The SMILES string of the molecule is CO[C@H]1C[C@H](O[C@@H]2/C(C)=C/C[C@@H]3C[C@@H](C[C@]4(C=C[C@H](C)[C@@H](C(C)C)O4)O3)OC(=O)[C@@H]3C=C(C)[C@@H](O)[C@H]4OC/C(=C\C=C\[C@@H]2C)[C@]43O)O[C@@H](C)[C@@H]1O[C@H]1C[C@H](OC)[C@H](N(C)C(C)=O)[C@H](C)O1. The van der Waals surface area contributed by atoms with Crippen LogP contribution in [0.4, 0.5) is 0 Å². The number of carbonyl (C=O) groups excluding carboxylic acids is 2. The Bertz CT molecular complexity index is 1860. The number of allylic oxidation sites excluding steroid dienone is 2. The maximum absolute atomic E-state index is 14.3. The summed E-state index contributed by atoms with van der Waals surface area (Å²) in [7, 11) is 5.05. The Kier molecular flexibility index (Phi) is 15.7. The lowest BCUT2D eigenvalue weighted by atomic mass is 9.71. The Morgan fingerprint density at radius 3 is 2.29 bits per heavy atom. The van der Waals surface area contributed by atoms with Crippen LogP contribution in [-0.2, 0) is 57.0 Å². The van der Waals surface area contributed by atoms with E-state index in [0.717, 1.165) is 5.57 Å². The summed E-state index contributed by atoms with van der Waals surface area (Å²) in [5.74, 6) is -2.72. The minimum absolute atomic E-state index is 0.0268. The van der Waals surface area contributed by atoms with E-state index in [1.54, 1.807) is 45.2 Å². The van der Waals surface area contributed by atoms with Gasteiger partial charge in [-0.1, -0.05) is 64.2 Å². The summed E-state index contributed by atoms with van der Waals surface area (Å²) in [6, 6.07) is -0.263. The van der Waals surface area contributed by atoms with E-state index in [2.05, 4.69) is 39.8 Å². The fraction of sp³-hybridized carbons (Fsp3) is 0.760. The van der Waals surface area contributed by atoms with Crippen molar-refractivity contribution in [2.45, 2.75) is 192 Å². The van der Waals surface area contributed by atoms with Crippen LogP contribution in [0.25, 0.3) is 0 Å². The Hall–Kier alpha value is -2.80. The molecular formula is C50H75NO14. The number of hydrogen-bond donors (Lipinski definition) is 2. The lowest BCUT2D eigenvalue weighted by Crippen LogP contribution is -2.59. The Morgan fingerprint density at radius 2 is 1.60 bits per heavy atom. The number of esters is 1. The van der Waals surface area contributed by atoms with Crippen LogP contribution in [0.3, 0.4) is 0 Å². The van der Waals surface area contributed by atoms with Gasteiger partial charge in [-0.2, -0.15) is 0 Å². The third kappa shape index (κ3) is 10.3. The first kappa shape index (κ1) is 50.1. The van der Waals surface area contributed by atoms with Crippen LogP contribution in [0, 0.1) is 23.7 Å². The van der Waals surface area contributed by atoms with Crippen LogP contribution < -0.4 is 0 Å². The van der Waals surface area contributed by atoms with Gasteiger partial charge in [-0.3, -0.25) is 9.59 Å². The first-order valence-corrected chi connectivity index (χ1v) is 23.7. The standard InChI is InChI=1S/C50H75NO14/c1-26(2)44-29(5)18-19-49(65-44)24-36-21-35(64-49)17-16-28(4)45(27(3)14-13-15-34-25-58-47-43(53)30(6)20-37(48(54)61-36)50(34,47)55)62-41-23-39(57-12)46(32(8)60-41)63-40-22-38(56-11)42(31(7)59-40)51(10)33(9)52/h13-16,18-20,26-27,29,31-32,35-47,53,55H,17,21-25H2,1-12H3/b14-13+,28-16+,34-15+/t27-,29-,31-,32-,35+,36-,37-,38-,39-,40-,41-,42+,43+,44+,45-,46-,47+,49+,50+/m0/s1. The number of methoxy groups -OCH3 is 2. The molecule has 7 aliphatic rings. The van der Waals surface area contributed by atoms with Gasteiger partial charge in [-0.05, 0) is 62.8 Å². The molecule has 65 heavy (non-hydrogen) atoms. The molecule has 0 aromatic carbocycles. The molecule has 1 spiro atoms. The quantitative estimate of drug-likeness (QED) is 0.232. The summed E-state index contributed by atoms with van der Waals surface area (Å²) in [6.07, 6.45) is 8.51. The highest BCUT2D eigenvalue weighted by Gasteiger charge is 2.60. The van der Waals surface area contributed by atoms with Gasteiger partial charge in [0, 0.05) is 65.7 Å². The van der Waals surface area contributed by atoms with E-state index in [9.17, 15) is 19.8 Å². The largest absolute Gasteiger partial charge is 0.462 e. The third-order valence-corrected chi connectivity index (χ3v) is 14.9. The molecule has 15 heteroatoms. The second-order valence-corrected chi connectivity index (χ2v) is 19.9. The minimum Gasteiger partial charge on any atom is -0.462 e. The highest BCUT2D eigenvalue weighted by atomic mass is 16.7. The van der Waals surface area contributed by atoms with Gasteiger partial charge in [-0.15, -0.1) is 0 Å². The van der Waals surface area contributed by atoms with Gasteiger partial charge in [0.15, 0.2) is 18.4 Å². The van der Waals surface area contributed by atoms with Crippen molar-refractivity contribution in [1.82, 2.24) is 4.90 Å². The average Bonchev–Trinajstić information content (AvgIpc) is 3.60. The van der Waals surface area contributed by atoms with E-state index in [4.69, 9.17) is 47.4 Å². The Morgan fingerprint density at radius 1 is 0.908 bits per heavy atom. The van der Waals surface area contributed by atoms with Gasteiger partial charge in [0.2, 0.25) is 5.91 Å². The van der Waals surface area contributed by atoms with Gasteiger partial charge < -0.3 is 62.5 Å². The zero-order chi connectivity index (χ0) is 47.1. The van der Waals surface area contributed by atoms with Crippen LogP contribution in [0.5, 0.6) is 0 Å². The third-order valence-electron chi connectivity index (χ3n) is 14.9. The lowest BCUT2D eigenvalue weighted by Gasteiger charge is -2.48. The van der Waals surface area contributed by atoms with Crippen LogP contribution in [-0.4, -0.2) is 152 Å². The van der Waals surface area contributed by atoms with E-state index in [-0.39, 0.29) is 61.0 Å². The second kappa shape index (κ2) is 20.4. The van der Waals surface area contributed by atoms with Gasteiger partial charge in [0.05, 0.1) is 55.4 Å². The number of aliphatic hydroxyl groups is 2. The molecule has 6 heterocycles. The van der Waals surface area contributed by atoms with Crippen molar-refractivity contribution in [3.05, 3.63) is 59.3 Å². The van der Waals surface area contributed by atoms with Crippen LogP contribution in [0.2, 0.25) is 0 Å². The fourth-order valence-electron chi connectivity index (χ4n) is 11.2. The number of amides is 1. The van der Waals surface area contributed by atoms with Gasteiger partial charge in [0.1, 0.15) is 35.9 Å². The topological polar surface area (TPSA) is 170 Å². The molecule has 0 radical (unpaired) electrons. The highest BCUT2D eigenvalue weighted by molar-refractivity contribution is 5.78. The molecular weight excluding hydrogens is 839 g/mol. The second-order valence-electron chi connectivity index (χ2n) is 19.9. The lowest BCUT2D eigenvalue weighted by molar-refractivity contribution is -0.314. The molecule has 0 saturated carbocycles. The highest BCUT2D eigenvalue weighted by Crippen LogP contribution is 2.47. The molecule has 2 bridgehead atoms. The molecule has 19 atom stereocenters. The molecule has 4 fully saturated rings. The van der Waals surface area contributed by atoms with Crippen molar-refractivity contribution in [2.75, 3.05) is 27.9 Å². The smallest absolute Gasteiger partial charge is 0.316 e.